The van der Waals surface area contributed by atoms with E-state index in [-0.39, 0.29) is 24.3 Å². The van der Waals surface area contributed by atoms with E-state index in [1.807, 2.05) is 27.7 Å². The number of rotatable bonds is 14. The summed E-state index contributed by atoms with van der Waals surface area (Å²) in [5, 5.41) is 0. The van der Waals surface area contributed by atoms with Crippen molar-refractivity contribution in [3.63, 3.8) is 0 Å². The molecule has 246 valence electrons. The van der Waals surface area contributed by atoms with E-state index < -0.39 is 11.9 Å². The first kappa shape index (κ1) is 33.3. The van der Waals surface area contributed by atoms with Gasteiger partial charge in [-0.25, -0.2) is 19.6 Å². The summed E-state index contributed by atoms with van der Waals surface area (Å²) in [5.41, 5.74) is 3.23. The fourth-order valence-corrected chi connectivity index (χ4v) is 6.03. The van der Waals surface area contributed by atoms with Crippen LogP contribution in [0.15, 0.2) is 60.9 Å². The van der Waals surface area contributed by atoms with Crippen LogP contribution >= 0.6 is 0 Å². The van der Waals surface area contributed by atoms with Crippen LogP contribution in [-0.2, 0) is 22.6 Å². The molecule has 2 fully saturated rings. The number of aromatic nitrogens is 2. The Kier molecular flexibility index (Phi) is 11.6. The van der Waals surface area contributed by atoms with Crippen molar-refractivity contribution in [2.24, 2.45) is 0 Å². The van der Waals surface area contributed by atoms with Gasteiger partial charge in [0.2, 0.25) is 11.8 Å². The molecular weight excluding hydrogens is 584 g/mol. The molecule has 0 radical (unpaired) electrons. The normalized spacial score (nSPS) is 18.7. The van der Waals surface area contributed by atoms with Gasteiger partial charge in [0.1, 0.15) is 24.3 Å². The highest BCUT2D eigenvalue weighted by Crippen LogP contribution is 2.25. The second-order valence-electron chi connectivity index (χ2n) is 12.6. The molecule has 0 aliphatic carbocycles. The van der Waals surface area contributed by atoms with Crippen LogP contribution in [0, 0.1) is 0 Å². The average molecular weight is 631 g/mol. The van der Waals surface area contributed by atoms with E-state index in [9.17, 15) is 9.59 Å². The predicted molar refractivity (Wildman–Crippen MR) is 174 cm³/mol. The number of nitrogens with zero attached hydrogens (tertiary/aromatic N) is 4. The highest BCUT2D eigenvalue weighted by molar-refractivity contribution is 5.92. The maximum atomic E-state index is 12.5. The second-order valence-corrected chi connectivity index (χ2v) is 12.6. The number of likely N-dealkylation sites (tertiary alicyclic amines) is 2. The van der Waals surface area contributed by atoms with Crippen molar-refractivity contribution in [3.05, 3.63) is 83.2 Å². The van der Waals surface area contributed by atoms with E-state index in [1.165, 1.54) is 11.1 Å². The molecule has 2 saturated heterocycles. The minimum absolute atomic E-state index is 0.211. The van der Waals surface area contributed by atoms with Crippen LogP contribution in [0.5, 0.6) is 11.8 Å². The molecule has 0 spiro atoms. The summed E-state index contributed by atoms with van der Waals surface area (Å²) in [7, 11) is 0. The maximum Gasteiger partial charge on any atom is 0.343 e. The predicted octanol–water partition coefficient (Wildman–Crippen LogP) is 5.69. The zero-order valence-electron chi connectivity index (χ0n) is 27.4. The van der Waals surface area contributed by atoms with Gasteiger partial charge in [0.05, 0.1) is 12.2 Å². The summed E-state index contributed by atoms with van der Waals surface area (Å²) < 4.78 is 22.9. The Hall–Kier alpha value is -4.02. The molecule has 2 aliphatic rings. The van der Waals surface area contributed by atoms with Gasteiger partial charge in [-0.2, -0.15) is 0 Å². The average Bonchev–Trinajstić information content (AvgIpc) is 3.68. The SMILES string of the molecule is CC(C)OC(=O)c1cccnc1OC[C@@H]1CCCN1Cc1ccc(CN2CCC[C@H]2COc2ncccc2C(=O)OC(C)C)cc1. The fourth-order valence-electron chi connectivity index (χ4n) is 6.03. The molecule has 0 unspecified atom stereocenters. The summed E-state index contributed by atoms with van der Waals surface area (Å²) in [6.45, 7) is 11.9. The second kappa shape index (κ2) is 16.0. The van der Waals surface area contributed by atoms with Gasteiger partial charge in [0.15, 0.2) is 0 Å². The van der Waals surface area contributed by atoms with Gasteiger partial charge in [-0.1, -0.05) is 24.3 Å². The molecule has 3 aromatic rings. The first-order valence-corrected chi connectivity index (χ1v) is 16.4. The minimum atomic E-state index is -0.416. The largest absolute Gasteiger partial charge is 0.475 e. The molecule has 0 saturated carbocycles. The Morgan fingerprint density at radius 3 is 1.50 bits per heavy atom. The molecule has 0 amide bonds. The van der Waals surface area contributed by atoms with Crippen LogP contribution in [0.25, 0.3) is 0 Å². The number of hydrogen-bond acceptors (Lipinski definition) is 10. The molecule has 4 heterocycles. The van der Waals surface area contributed by atoms with Crippen molar-refractivity contribution in [1.82, 2.24) is 19.8 Å². The zero-order valence-corrected chi connectivity index (χ0v) is 27.4. The first-order valence-electron chi connectivity index (χ1n) is 16.4. The lowest BCUT2D eigenvalue weighted by Crippen LogP contribution is -2.34. The van der Waals surface area contributed by atoms with E-state index in [4.69, 9.17) is 18.9 Å². The van der Waals surface area contributed by atoms with Crippen molar-refractivity contribution < 1.29 is 28.5 Å². The molecule has 10 nitrogen and oxygen atoms in total. The molecule has 5 rings (SSSR count). The topological polar surface area (TPSA) is 103 Å². The van der Waals surface area contributed by atoms with Crippen molar-refractivity contribution in [2.75, 3.05) is 26.3 Å². The molecule has 46 heavy (non-hydrogen) atoms. The summed E-state index contributed by atoms with van der Waals surface area (Å²) in [6, 6.07) is 16.2. The van der Waals surface area contributed by atoms with E-state index in [1.54, 1.807) is 36.7 Å². The van der Waals surface area contributed by atoms with Gasteiger partial charge in [-0.15, -0.1) is 0 Å². The third kappa shape index (κ3) is 9.04. The van der Waals surface area contributed by atoms with Gasteiger partial charge >= 0.3 is 11.9 Å². The van der Waals surface area contributed by atoms with Gasteiger partial charge in [0.25, 0.3) is 0 Å². The highest BCUT2D eigenvalue weighted by atomic mass is 16.6. The Bertz CT molecular complexity index is 1340. The maximum absolute atomic E-state index is 12.5. The summed E-state index contributed by atoms with van der Waals surface area (Å²) in [4.78, 5) is 38.5. The van der Waals surface area contributed by atoms with Crippen LogP contribution in [0.3, 0.4) is 0 Å². The van der Waals surface area contributed by atoms with Crippen LogP contribution in [0.1, 0.15) is 85.2 Å². The summed E-state index contributed by atoms with van der Waals surface area (Å²) in [6.07, 6.45) is 7.13. The number of benzene rings is 1. The molecule has 10 heteroatoms. The molecule has 2 atom stereocenters. The molecule has 0 N–H and O–H groups in total. The lowest BCUT2D eigenvalue weighted by atomic mass is 10.1. The van der Waals surface area contributed by atoms with E-state index in [0.29, 0.717) is 36.1 Å². The quantitative estimate of drug-likeness (QED) is 0.206. The molecule has 1 aromatic carbocycles. The lowest BCUT2D eigenvalue weighted by Gasteiger charge is -2.26. The lowest BCUT2D eigenvalue weighted by molar-refractivity contribution is 0.0359. The fraction of sp³-hybridized carbons (Fsp3) is 0.500. The molecule has 0 bridgehead atoms. The van der Waals surface area contributed by atoms with Crippen molar-refractivity contribution in [2.45, 2.75) is 90.8 Å². The Morgan fingerprint density at radius 1 is 0.696 bits per heavy atom. The standard InChI is InChI=1S/C36H46N4O6/c1-25(2)45-35(41)31-11-5-17-37-33(31)43-23-29-9-7-19-39(29)21-27-13-15-28(16-14-27)22-40-20-8-10-30(40)24-44-34-32(12-6-18-38-34)36(42)46-26(3)4/h5-6,11-18,25-26,29-30H,7-10,19-24H2,1-4H3/t29-,30-/m0/s1. The molecule has 2 aromatic heterocycles. The zero-order chi connectivity index (χ0) is 32.5. The third-order valence-electron chi connectivity index (χ3n) is 8.28. The monoisotopic (exact) mass is 630 g/mol. The number of hydrogen-bond donors (Lipinski definition) is 0. The van der Waals surface area contributed by atoms with Gasteiger partial charge in [0, 0.05) is 37.6 Å². The number of esters is 2. The van der Waals surface area contributed by atoms with Crippen molar-refractivity contribution in [3.8, 4) is 11.8 Å². The van der Waals surface area contributed by atoms with E-state index >= 15 is 0 Å². The minimum Gasteiger partial charge on any atom is -0.475 e. The van der Waals surface area contributed by atoms with Crippen LogP contribution in [-0.4, -0.2) is 82.3 Å². The van der Waals surface area contributed by atoms with Gasteiger partial charge in [-0.3, -0.25) is 9.80 Å². The molecule has 2 aliphatic heterocycles. The van der Waals surface area contributed by atoms with E-state index in [0.717, 1.165) is 51.9 Å². The van der Waals surface area contributed by atoms with Crippen LogP contribution in [0.2, 0.25) is 0 Å². The van der Waals surface area contributed by atoms with Gasteiger partial charge in [-0.05, 0) is 102 Å². The highest BCUT2D eigenvalue weighted by Gasteiger charge is 2.28. The van der Waals surface area contributed by atoms with Crippen molar-refractivity contribution in [1.29, 1.82) is 0 Å². The molecular formula is C36H46N4O6. The van der Waals surface area contributed by atoms with Gasteiger partial charge < -0.3 is 18.9 Å². The third-order valence-corrected chi connectivity index (χ3v) is 8.28. The Labute approximate surface area is 272 Å². The summed E-state index contributed by atoms with van der Waals surface area (Å²) >= 11 is 0. The number of ether oxygens (including phenoxy) is 4. The first-order chi connectivity index (χ1) is 22.3. The van der Waals surface area contributed by atoms with Crippen LogP contribution in [0.4, 0.5) is 0 Å². The number of pyridine rings is 2. The Morgan fingerprint density at radius 2 is 1.11 bits per heavy atom. The Balaban J connectivity index is 1.12. The number of carbonyl (C=O) groups is 2. The smallest absolute Gasteiger partial charge is 0.343 e. The van der Waals surface area contributed by atoms with Crippen LogP contribution < -0.4 is 9.47 Å². The van der Waals surface area contributed by atoms with E-state index in [2.05, 4.69) is 44.0 Å². The number of carbonyl (C=O) groups excluding carboxylic acids is 2. The summed E-state index contributed by atoms with van der Waals surface area (Å²) in [5.74, 6) is -0.186. The van der Waals surface area contributed by atoms with Crippen molar-refractivity contribution >= 4 is 11.9 Å².